The summed E-state index contributed by atoms with van der Waals surface area (Å²) >= 11 is 0. The van der Waals surface area contributed by atoms with E-state index < -0.39 is 0 Å². The second kappa shape index (κ2) is 4.57. The Morgan fingerprint density at radius 3 is 2.36 bits per heavy atom. The van der Waals surface area contributed by atoms with Crippen LogP contribution in [0.2, 0.25) is 0 Å². The van der Waals surface area contributed by atoms with E-state index in [1.165, 1.54) is 0 Å². The van der Waals surface area contributed by atoms with Crippen molar-refractivity contribution in [1.29, 1.82) is 0 Å². The molecule has 0 saturated heterocycles. The first kappa shape index (κ1) is 11.9. The highest BCUT2D eigenvalue weighted by Crippen LogP contribution is 2.40. The number of ether oxygens (including phenoxy) is 2. The normalized spacial score (nSPS) is 30.4. The van der Waals surface area contributed by atoms with Gasteiger partial charge < -0.3 is 19.9 Å². The summed E-state index contributed by atoms with van der Waals surface area (Å²) in [6.45, 7) is 4.79. The first-order valence-electron chi connectivity index (χ1n) is 4.99. The predicted molar refractivity (Wildman–Crippen MR) is 54.0 cm³/mol. The maximum atomic E-state index is 9.52. The number of aliphatic hydroxyl groups excluding tert-OH is 1. The van der Waals surface area contributed by atoms with Gasteiger partial charge in [0.1, 0.15) is 0 Å². The first-order valence-corrected chi connectivity index (χ1v) is 4.99. The van der Waals surface area contributed by atoms with Crippen molar-refractivity contribution in [2.45, 2.75) is 38.7 Å². The quantitative estimate of drug-likeness (QED) is 0.633. The standard InChI is InChI=1S/C10H21NO3/c1-10(2)7(5-8(10)12)11-6-9(13-3)14-4/h7-9,11-12H,5-6H2,1-4H3. The second-order valence-electron chi connectivity index (χ2n) is 4.43. The molecule has 0 aliphatic heterocycles. The molecule has 2 unspecified atom stereocenters. The number of methoxy groups -OCH3 is 2. The molecule has 2 atom stereocenters. The third-order valence-corrected chi connectivity index (χ3v) is 3.27. The Bertz CT molecular complexity index is 180. The van der Waals surface area contributed by atoms with Gasteiger partial charge in [0, 0.05) is 32.2 Å². The maximum Gasteiger partial charge on any atom is 0.169 e. The van der Waals surface area contributed by atoms with Crippen molar-refractivity contribution >= 4 is 0 Å². The van der Waals surface area contributed by atoms with E-state index in [1.54, 1.807) is 14.2 Å². The summed E-state index contributed by atoms with van der Waals surface area (Å²) in [5.74, 6) is 0. The lowest BCUT2D eigenvalue weighted by Crippen LogP contribution is -2.61. The highest BCUT2D eigenvalue weighted by atomic mass is 16.7. The molecule has 0 aromatic rings. The molecule has 0 radical (unpaired) electrons. The lowest BCUT2D eigenvalue weighted by Gasteiger charge is -2.49. The Hall–Kier alpha value is -0.160. The third-order valence-electron chi connectivity index (χ3n) is 3.27. The molecule has 1 saturated carbocycles. The van der Waals surface area contributed by atoms with Crippen LogP contribution >= 0.6 is 0 Å². The van der Waals surface area contributed by atoms with Crippen molar-refractivity contribution in [3.8, 4) is 0 Å². The van der Waals surface area contributed by atoms with Gasteiger partial charge in [-0.3, -0.25) is 0 Å². The van der Waals surface area contributed by atoms with Gasteiger partial charge in [-0.15, -0.1) is 0 Å². The van der Waals surface area contributed by atoms with Crippen LogP contribution in [0.15, 0.2) is 0 Å². The second-order valence-corrected chi connectivity index (χ2v) is 4.43. The van der Waals surface area contributed by atoms with Gasteiger partial charge in [-0.05, 0) is 6.42 Å². The molecule has 0 spiro atoms. The van der Waals surface area contributed by atoms with Gasteiger partial charge in [-0.1, -0.05) is 13.8 Å². The number of hydrogen-bond donors (Lipinski definition) is 2. The number of hydrogen-bond acceptors (Lipinski definition) is 4. The lowest BCUT2D eigenvalue weighted by atomic mass is 9.64. The van der Waals surface area contributed by atoms with E-state index in [4.69, 9.17) is 9.47 Å². The Balaban J connectivity index is 2.26. The molecule has 0 aromatic heterocycles. The summed E-state index contributed by atoms with van der Waals surface area (Å²) in [5, 5.41) is 12.9. The molecular weight excluding hydrogens is 182 g/mol. The highest BCUT2D eigenvalue weighted by Gasteiger charge is 2.46. The zero-order valence-corrected chi connectivity index (χ0v) is 9.41. The Kier molecular flexibility index (Phi) is 3.89. The largest absolute Gasteiger partial charge is 0.392 e. The van der Waals surface area contributed by atoms with Crippen LogP contribution in [0.1, 0.15) is 20.3 Å². The van der Waals surface area contributed by atoms with Crippen LogP contribution in [-0.4, -0.2) is 44.3 Å². The molecule has 4 nitrogen and oxygen atoms in total. The van der Waals surface area contributed by atoms with Crippen LogP contribution in [0.3, 0.4) is 0 Å². The molecular formula is C10H21NO3. The van der Waals surface area contributed by atoms with Crippen LogP contribution in [0, 0.1) is 5.41 Å². The predicted octanol–water partition coefficient (Wildman–Crippen LogP) is 0.354. The summed E-state index contributed by atoms with van der Waals surface area (Å²) in [6.07, 6.45) is 0.416. The smallest absolute Gasteiger partial charge is 0.169 e. The first-order chi connectivity index (χ1) is 6.52. The molecule has 0 aromatic carbocycles. The van der Waals surface area contributed by atoms with Crippen molar-refractivity contribution in [3.05, 3.63) is 0 Å². The zero-order valence-electron chi connectivity index (χ0n) is 9.41. The molecule has 0 bridgehead atoms. The molecule has 1 aliphatic carbocycles. The van der Waals surface area contributed by atoms with Crippen molar-refractivity contribution in [2.75, 3.05) is 20.8 Å². The average molecular weight is 203 g/mol. The molecule has 2 N–H and O–H groups in total. The van der Waals surface area contributed by atoms with Crippen molar-refractivity contribution in [1.82, 2.24) is 5.32 Å². The average Bonchev–Trinajstić information content (AvgIpc) is 2.17. The topological polar surface area (TPSA) is 50.7 Å². The van der Waals surface area contributed by atoms with Gasteiger partial charge in [-0.25, -0.2) is 0 Å². The summed E-state index contributed by atoms with van der Waals surface area (Å²) in [5.41, 5.74) is -0.0357. The van der Waals surface area contributed by atoms with Crippen LogP contribution in [0.5, 0.6) is 0 Å². The lowest BCUT2D eigenvalue weighted by molar-refractivity contribution is -0.116. The van der Waals surface area contributed by atoms with Crippen LogP contribution in [0.4, 0.5) is 0 Å². The Morgan fingerprint density at radius 1 is 1.43 bits per heavy atom. The number of aliphatic hydroxyl groups is 1. The van der Waals surface area contributed by atoms with E-state index in [1.807, 2.05) is 0 Å². The summed E-state index contributed by atoms with van der Waals surface area (Å²) in [6, 6.07) is 0.352. The van der Waals surface area contributed by atoms with Crippen LogP contribution in [-0.2, 0) is 9.47 Å². The fourth-order valence-corrected chi connectivity index (χ4v) is 1.75. The summed E-state index contributed by atoms with van der Waals surface area (Å²) in [7, 11) is 3.24. The van der Waals surface area contributed by atoms with Gasteiger partial charge in [0.15, 0.2) is 6.29 Å². The van der Waals surface area contributed by atoms with Crippen molar-refractivity contribution in [3.63, 3.8) is 0 Å². The minimum atomic E-state index is -0.205. The third kappa shape index (κ3) is 2.25. The van der Waals surface area contributed by atoms with E-state index >= 15 is 0 Å². The summed E-state index contributed by atoms with van der Waals surface area (Å²) in [4.78, 5) is 0. The van der Waals surface area contributed by atoms with Crippen LogP contribution < -0.4 is 5.32 Å². The molecule has 1 aliphatic rings. The van der Waals surface area contributed by atoms with Gasteiger partial charge in [0.05, 0.1) is 6.10 Å². The fraction of sp³-hybridized carbons (Fsp3) is 1.00. The molecule has 1 fully saturated rings. The monoisotopic (exact) mass is 203 g/mol. The molecule has 14 heavy (non-hydrogen) atoms. The van der Waals surface area contributed by atoms with E-state index in [0.717, 1.165) is 6.42 Å². The van der Waals surface area contributed by atoms with E-state index in [9.17, 15) is 5.11 Å². The maximum absolute atomic E-state index is 9.52. The van der Waals surface area contributed by atoms with Crippen LogP contribution in [0.25, 0.3) is 0 Å². The SMILES string of the molecule is COC(CNC1CC(O)C1(C)C)OC. The van der Waals surface area contributed by atoms with E-state index in [0.29, 0.717) is 12.6 Å². The van der Waals surface area contributed by atoms with Gasteiger partial charge >= 0.3 is 0 Å². The minimum absolute atomic E-state index is 0.0357. The molecule has 1 rings (SSSR count). The van der Waals surface area contributed by atoms with Gasteiger partial charge in [-0.2, -0.15) is 0 Å². The number of nitrogens with one attached hydrogen (secondary N) is 1. The molecule has 84 valence electrons. The zero-order chi connectivity index (χ0) is 10.8. The Labute approximate surface area is 85.6 Å². The fourth-order valence-electron chi connectivity index (χ4n) is 1.75. The highest BCUT2D eigenvalue weighted by molar-refractivity contribution is 5.01. The van der Waals surface area contributed by atoms with Crippen molar-refractivity contribution < 1.29 is 14.6 Å². The van der Waals surface area contributed by atoms with E-state index in [-0.39, 0.29) is 17.8 Å². The summed E-state index contributed by atoms with van der Waals surface area (Å²) < 4.78 is 10.1. The van der Waals surface area contributed by atoms with Crippen molar-refractivity contribution in [2.24, 2.45) is 5.41 Å². The van der Waals surface area contributed by atoms with E-state index in [2.05, 4.69) is 19.2 Å². The number of rotatable bonds is 5. The molecule has 0 amide bonds. The Morgan fingerprint density at radius 2 is 2.00 bits per heavy atom. The molecule has 4 heteroatoms. The van der Waals surface area contributed by atoms with Gasteiger partial charge in [0.2, 0.25) is 0 Å². The molecule has 0 heterocycles. The minimum Gasteiger partial charge on any atom is -0.392 e. The van der Waals surface area contributed by atoms with Gasteiger partial charge in [0.25, 0.3) is 0 Å².